The Morgan fingerprint density at radius 2 is 1.90 bits per heavy atom. The summed E-state index contributed by atoms with van der Waals surface area (Å²) in [6.45, 7) is 4.22. The van der Waals surface area contributed by atoms with Gasteiger partial charge in [-0.25, -0.2) is 4.39 Å². The average molecular weight is 286 g/mol. The van der Waals surface area contributed by atoms with Crippen LogP contribution in [0, 0.1) is 5.82 Å². The number of para-hydroxylation sites is 1. The van der Waals surface area contributed by atoms with E-state index in [1.807, 2.05) is 24.3 Å². The van der Waals surface area contributed by atoms with Gasteiger partial charge in [0.25, 0.3) is 0 Å². The molecule has 4 heteroatoms. The average Bonchev–Trinajstić information content (AvgIpc) is 2.46. The third-order valence-electron chi connectivity index (χ3n) is 3.15. The minimum Gasteiger partial charge on any atom is -0.374 e. The third-order valence-corrected chi connectivity index (χ3v) is 3.15. The first kappa shape index (κ1) is 15.0. The molecule has 2 aromatic carbocycles. The maximum Gasteiger partial charge on any atom is 0.243 e. The van der Waals surface area contributed by atoms with E-state index in [0.29, 0.717) is 11.6 Å². The molecule has 2 rings (SSSR count). The Bertz CT molecular complexity index is 626. The number of benzene rings is 2. The van der Waals surface area contributed by atoms with Gasteiger partial charge in [-0.3, -0.25) is 4.79 Å². The van der Waals surface area contributed by atoms with Crippen molar-refractivity contribution in [3.8, 4) is 0 Å². The highest BCUT2D eigenvalue weighted by Crippen LogP contribution is 2.18. The van der Waals surface area contributed by atoms with Crippen LogP contribution in [0.25, 0.3) is 0 Å². The Hall–Kier alpha value is -2.36. The lowest BCUT2D eigenvalue weighted by Crippen LogP contribution is -2.22. The van der Waals surface area contributed by atoms with Crippen LogP contribution in [0.4, 0.5) is 15.8 Å². The second-order valence-electron chi connectivity index (χ2n) is 5.16. The zero-order valence-electron chi connectivity index (χ0n) is 12.2. The second kappa shape index (κ2) is 6.88. The number of hydrogen-bond acceptors (Lipinski definition) is 2. The number of halogens is 1. The molecule has 110 valence electrons. The summed E-state index contributed by atoms with van der Waals surface area (Å²) in [4.78, 5) is 11.9. The van der Waals surface area contributed by atoms with Crippen LogP contribution in [0.15, 0.2) is 48.5 Å². The van der Waals surface area contributed by atoms with E-state index in [-0.39, 0.29) is 18.3 Å². The highest BCUT2D eigenvalue weighted by molar-refractivity contribution is 5.93. The number of nitrogens with one attached hydrogen (secondary N) is 2. The molecule has 0 aliphatic carbocycles. The third kappa shape index (κ3) is 4.31. The van der Waals surface area contributed by atoms with Gasteiger partial charge in [-0.1, -0.05) is 38.1 Å². The fourth-order valence-electron chi connectivity index (χ4n) is 1.96. The zero-order valence-corrected chi connectivity index (χ0v) is 12.2. The lowest BCUT2D eigenvalue weighted by Gasteiger charge is -2.11. The number of anilines is 2. The van der Waals surface area contributed by atoms with E-state index in [2.05, 4.69) is 24.5 Å². The molecule has 0 aromatic heterocycles. The van der Waals surface area contributed by atoms with Gasteiger partial charge in [0.15, 0.2) is 0 Å². The van der Waals surface area contributed by atoms with Crippen molar-refractivity contribution in [2.45, 2.75) is 19.8 Å². The van der Waals surface area contributed by atoms with Crippen LogP contribution in [0.5, 0.6) is 0 Å². The molecular formula is C17H19FN2O. The van der Waals surface area contributed by atoms with E-state index >= 15 is 0 Å². The molecule has 1 amide bonds. The van der Waals surface area contributed by atoms with Gasteiger partial charge < -0.3 is 10.6 Å². The molecule has 0 spiro atoms. The van der Waals surface area contributed by atoms with Gasteiger partial charge >= 0.3 is 0 Å². The smallest absolute Gasteiger partial charge is 0.243 e. The van der Waals surface area contributed by atoms with Gasteiger partial charge in [-0.05, 0) is 35.7 Å². The molecule has 0 bridgehead atoms. The quantitative estimate of drug-likeness (QED) is 0.872. The summed E-state index contributed by atoms with van der Waals surface area (Å²) in [5.74, 6) is -0.176. The molecule has 3 nitrogen and oxygen atoms in total. The van der Waals surface area contributed by atoms with Gasteiger partial charge in [-0.2, -0.15) is 0 Å². The lowest BCUT2D eigenvalue weighted by atomic mass is 10.0. The van der Waals surface area contributed by atoms with E-state index in [4.69, 9.17) is 0 Å². The zero-order chi connectivity index (χ0) is 15.2. The number of carbonyl (C=O) groups excluding carboxylic acids is 1. The first-order chi connectivity index (χ1) is 10.1. The van der Waals surface area contributed by atoms with Crippen molar-refractivity contribution in [1.29, 1.82) is 0 Å². The van der Waals surface area contributed by atoms with Crippen LogP contribution in [-0.2, 0) is 4.79 Å². The molecular weight excluding hydrogens is 267 g/mol. The van der Waals surface area contributed by atoms with Crippen molar-refractivity contribution in [3.05, 3.63) is 59.9 Å². The first-order valence-corrected chi connectivity index (χ1v) is 6.94. The van der Waals surface area contributed by atoms with Gasteiger partial charge in [0.05, 0.1) is 12.2 Å². The van der Waals surface area contributed by atoms with Gasteiger partial charge in [0, 0.05) is 5.69 Å². The largest absolute Gasteiger partial charge is 0.374 e. The Morgan fingerprint density at radius 3 is 2.62 bits per heavy atom. The summed E-state index contributed by atoms with van der Waals surface area (Å²) >= 11 is 0. The van der Waals surface area contributed by atoms with E-state index < -0.39 is 0 Å². The van der Waals surface area contributed by atoms with E-state index in [9.17, 15) is 9.18 Å². The van der Waals surface area contributed by atoms with E-state index in [1.54, 1.807) is 18.2 Å². The SMILES string of the molecule is CC(C)c1cccc(NC(=O)CNc2ccccc2F)c1. The molecule has 2 aromatic rings. The topological polar surface area (TPSA) is 41.1 Å². The Balaban J connectivity index is 1.93. The highest BCUT2D eigenvalue weighted by atomic mass is 19.1. The summed E-state index contributed by atoms with van der Waals surface area (Å²) in [6.07, 6.45) is 0. The molecule has 0 saturated carbocycles. The molecule has 0 heterocycles. The van der Waals surface area contributed by atoms with E-state index in [0.717, 1.165) is 11.3 Å². The summed E-state index contributed by atoms with van der Waals surface area (Å²) in [6, 6.07) is 14.0. The lowest BCUT2D eigenvalue weighted by molar-refractivity contribution is -0.114. The fourth-order valence-corrected chi connectivity index (χ4v) is 1.96. The summed E-state index contributed by atoms with van der Waals surface area (Å²) in [5, 5.41) is 5.59. The minimum atomic E-state index is -0.368. The van der Waals surface area contributed by atoms with Crippen LogP contribution >= 0.6 is 0 Å². The summed E-state index contributed by atoms with van der Waals surface area (Å²) in [5.41, 5.74) is 2.24. The Kier molecular flexibility index (Phi) is 4.93. The number of amides is 1. The molecule has 0 aliphatic heterocycles. The minimum absolute atomic E-state index is 0.0207. The molecule has 0 aliphatic rings. The van der Waals surface area contributed by atoms with Crippen LogP contribution in [0.1, 0.15) is 25.3 Å². The van der Waals surface area contributed by atoms with Gasteiger partial charge in [0.1, 0.15) is 5.82 Å². The van der Waals surface area contributed by atoms with Crippen molar-refractivity contribution < 1.29 is 9.18 Å². The second-order valence-corrected chi connectivity index (χ2v) is 5.16. The molecule has 0 saturated heterocycles. The monoisotopic (exact) mass is 286 g/mol. The number of carbonyl (C=O) groups is 1. The Morgan fingerprint density at radius 1 is 1.14 bits per heavy atom. The van der Waals surface area contributed by atoms with Crippen LogP contribution in [-0.4, -0.2) is 12.5 Å². The maximum absolute atomic E-state index is 13.4. The normalized spacial score (nSPS) is 10.5. The van der Waals surface area contributed by atoms with Crippen molar-refractivity contribution >= 4 is 17.3 Å². The van der Waals surface area contributed by atoms with Crippen molar-refractivity contribution in [2.24, 2.45) is 0 Å². The summed E-state index contributed by atoms with van der Waals surface area (Å²) in [7, 11) is 0. The molecule has 0 atom stereocenters. The predicted octanol–water partition coefficient (Wildman–Crippen LogP) is 4.00. The fraction of sp³-hybridized carbons (Fsp3) is 0.235. The van der Waals surface area contributed by atoms with Crippen molar-refractivity contribution in [3.63, 3.8) is 0 Å². The number of rotatable bonds is 5. The Labute approximate surface area is 124 Å². The predicted molar refractivity (Wildman–Crippen MR) is 84.1 cm³/mol. The molecule has 0 radical (unpaired) electrons. The van der Waals surface area contributed by atoms with Crippen molar-refractivity contribution in [1.82, 2.24) is 0 Å². The van der Waals surface area contributed by atoms with E-state index in [1.165, 1.54) is 6.07 Å². The number of hydrogen-bond donors (Lipinski definition) is 2. The maximum atomic E-state index is 13.4. The summed E-state index contributed by atoms with van der Waals surface area (Å²) < 4.78 is 13.4. The van der Waals surface area contributed by atoms with Crippen LogP contribution in [0.2, 0.25) is 0 Å². The molecule has 21 heavy (non-hydrogen) atoms. The standard InChI is InChI=1S/C17H19FN2O/c1-12(2)13-6-5-7-14(10-13)20-17(21)11-19-16-9-4-3-8-15(16)18/h3-10,12,19H,11H2,1-2H3,(H,20,21). The molecule has 0 fully saturated rings. The van der Waals surface area contributed by atoms with Gasteiger partial charge in [0.2, 0.25) is 5.91 Å². The first-order valence-electron chi connectivity index (χ1n) is 6.94. The molecule has 2 N–H and O–H groups in total. The van der Waals surface area contributed by atoms with Crippen LogP contribution < -0.4 is 10.6 Å². The highest BCUT2D eigenvalue weighted by Gasteiger charge is 2.06. The van der Waals surface area contributed by atoms with Crippen molar-refractivity contribution in [2.75, 3.05) is 17.2 Å². The molecule has 0 unspecified atom stereocenters. The van der Waals surface area contributed by atoms with Crippen LogP contribution in [0.3, 0.4) is 0 Å². The van der Waals surface area contributed by atoms with Gasteiger partial charge in [-0.15, -0.1) is 0 Å².